The largest absolute Gasteiger partial charge is 0.344 e. The fraction of sp³-hybridized carbons (Fsp3) is 0.526. The normalized spacial score (nSPS) is 18.0. The van der Waals surface area contributed by atoms with Gasteiger partial charge in [0, 0.05) is 31.7 Å². The minimum atomic E-state index is 0.0776. The molecule has 0 spiro atoms. The van der Waals surface area contributed by atoms with Gasteiger partial charge in [0.15, 0.2) is 0 Å². The van der Waals surface area contributed by atoms with E-state index in [1.807, 2.05) is 24.1 Å². The van der Waals surface area contributed by atoms with E-state index < -0.39 is 0 Å². The second-order valence-corrected chi connectivity index (χ2v) is 7.49. The number of piperidine rings is 1. The lowest BCUT2D eigenvalue weighted by Crippen LogP contribution is -2.42. The van der Waals surface area contributed by atoms with Crippen LogP contribution in [0.4, 0.5) is 0 Å². The maximum Gasteiger partial charge on any atom is 0.244 e. The van der Waals surface area contributed by atoms with Crippen molar-refractivity contribution in [3.8, 4) is 0 Å². The molecule has 6 nitrogen and oxygen atoms in total. The monoisotopic (exact) mass is 375 g/mol. The Hall–Kier alpha value is -1.92. The van der Waals surface area contributed by atoms with E-state index >= 15 is 0 Å². The van der Waals surface area contributed by atoms with Crippen molar-refractivity contribution in [2.45, 2.75) is 25.8 Å². The van der Waals surface area contributed by atoms with Crippen LogP contribution >= 0.6 is 11.6 Å². The maximum absolute atomic E-state index is 12.3. The van der Waals surface area contributed by atoms with E-state index in [1.54, 1.807) is 11.0 Å². The van der Waals surface area contributed by atoms with Gasteiger partial charge in [-0.1, -0.05) is 23.7 Å². The standard InChI is InChI=1S/C19H26ClN5O/c1-23(19(26)13-25-15-21-14-22-25)11-17-3-2-9-24(12-17)10-8-16-4-6-18(20)7-5-16/h4-7,14-15,17H,2-3,8-13H2,1H3/t17-/m1/s1. The summed E-state index contributed by atoms with van der Waals surface area (Å²) < 4.78 is 1.57. The quantitative estimate of drug-likeness (QED) is 0.745. The summed E-state index contributed by atoms with van der Waals surface area (Å²) in [7, 11) is 1.88. The smallest absolute Gasteiger partial charge is 0.244 e. The lowest BCUT2D eigenvalue weighted by Gasteiger charge is -2.34. The van der Waals surface area contributed by atoms with Crippen molar-refractivity contribution in [3.63, 3.8) is 0 Å². The van der Waals surface area contributed by atoms with Gasteiger partial charge < -0.3 is 9.80 Å². The first-order valence-corrected chi connectivity index (χ1v) is 9.51. The number of hydrogen-bond acceptors (Lipinski definition) is 4. The van der Waals surface area contributed by atoms with Gasteiger partial charge >= 0.3 is 0 Å². The number of hydrogen-bond donors (Lipinski definition) is 0. The highest BCUT2D eigenvalue weighted by Crippen LogP contribution is 2.18. The van der Waals surface area contributed by atoms with E-state index in [0.29, 0.717) is 5.92 Å². The molecule has 1 aromatic carbocycles. The van der Waals surface area contributed by atoms with E-state index in [2.05, 4.69) is 27.1 Å². The Morgan fingerprint density at radius 3 is 2.88 bits per heavy atom. The number of nitrogens with zero attached hydrogens (tertiary/aromatic N) is 5. The van der Waals surface area contributed by atoms with Crippen molar-refractivity contribution in [3.05, 3.63) is 47.5 Å². The summed E-state index contributed by atoms with van der Waals surface area (Å²) in [6.07, 6.45) is 6.43. The van der Waals surface area contributed by atoms with Crippen LogP contribution in [0.3, 0.4) is 0 Å². The van der Waals surface area contributed by atoms with Gasteiger partial charge in [-0.2, -0.15) is 5.10 Å². The summed E-state index contributed by atoms with van der Waals surface area (Å²) in [4.78, 5) is 20.5. The predicted molar refractivity (Wildman–Crippen MR) is 102 cm³/mol. The summed E-state index contributed by atoms with van der Waals surface area (Å²) in [6, 6.07) is 8.10. The topological polar surface area (TPSA) is 54.3 Å². The average Bonchev–Trinajstić information content (AvgIpc) is 3.14. The second-order valence-electron chi connectivity index (χ2n) is 7.05. The van der Waals surface area contributed by atoms with Crippen molar-refractivity contribution in [1.82, 2.24) is 24.6 Å². The van der Waals surface area contributed by atoms with Crippen LogP contribution in [0.5, 0.6) is 0 Å². The van der Waals surface area contributed by atoms with Gasteiger partial charge in [0.25, 0.3) is 0 Å². The molecule has 1 fully saturated rings. The van der Waals surface area contributed by atoms with Gasteiger partial charge in [-0.15, -0.1) is 0 Å². The molecule has 1 amide bonds. The lowest BCUT2D eigenvalue weighted by atomic mass is 9.97. The zero-order valence-electron chi connectivity index (χ0n) is 15.2. The molecule has 140 valence electrons. The van der Waals surface area contributed by atoms with Crippen molar-refractivity contribution in [1.29, 1.82) is 0 Å². The number of carbonyl (C=O) groups excluding carboxylic acids is 1. The van der Waals surface area contributed by atoms with Crippen LogP contribution in [0.1, 0.15) is 18.4 Å². The SMILES string of the molecule is CN(C[C@H]1CCCN(CCc2ccc(Cl)cc2)C1)C(=O)Cn1cncn1. The van der Waals surface area contributed by atoms with Crippen LogP contribution in [0.2, 0.25) is 5.02 Å². The van der Waals surface area contributed by atoms with Crippen molar-refractivity contribution < 1.29 is 4.79 Å². The molecule has 1 aliphatic heterocycles. The molecule has 0 N–H and O–H groups in total. The molecule has 2 aromatic rings. The van der Waals surface area contributed by atoms with E-state index in [-0.39, 0.29) is 12.5 Å². The van der Waals surface area contributed by atoms with Gasteiger partial charge in [-0.05, 0) is 49.4 Å². The molecule has 1 aliphatic rings. The number of likely N-dealkylation sites (tertiary alicyclic amines) is 1. The van der Waals surface area contributed by atoms with E-state index in [1.165, 1.54) is 24.7 Å². The number of carbonyl (C=O) groups is 1. The van der Waals surface area contributed by atoms with Gasteiger partial charge in [-0.25, -0.2) is 9.67 Å². The minimum Gasteiger partial charge on any atom is -0.344 e. The fourth-order valence-corrected chi connectivity index (χ4v) is 3.63. The predicted octanol–water partition coefficient (Wildman–Crippen LogP) is 2.34. The van der Waals surface area contributed by atoms with Crippen LogP contribution < -0.4 is 0 Å². The number of amides is 1. The van der Waals surface area contributed by atoms with Crippen LogP contribution in [-0.2, 0) is 17.8 Å². The summed E-state index contributed by atoms with van der Waals surface area (Å²) in [5.74, 6) is 0.604. The van der Waals surface area contributed by atoms with Crippen molar-refractivity contribution >= 4 is 17.5 Å². The Kier molecular flexibility index (Phi) is 6.63. The van der Waals surface area contributed by atoms with E-state index in [0.717, 1.165) is 37.6 Å². The third-order valence-electron chi connectivity index (χ3n) is 4.95. The highest BCUT2D eigenvalue weighted by molar-refractivity contribution is 6.30. The molecule has 1 atom stereocenters. The Bertz CT molecular complexity index is 688. The first kappa shape index (κ1) is 18.9. The molecule has 1 aromatic heterocycles. The molecule has 1 saturated heterocycles. The summed E-state index contributed by atoms with van der Waals surface area (Å²) in [5.41, 5.74) is 1.32. The van der Waals surface area contributed by atoms with E-state index in [4.69, 9.17) is 11.6 Å². The second kappa shape index (κ2) is 9.14. The molecule has 7 heteroatoms. The third kappa shape index (κ3) is 5.54. The summed E-state index contributed by atoms with van der Waals surface area (Å²) >= 11 is 5.95. The zero-order valence-corrected chi connectivity index (χ0v) is 16.0. The molecule has 0 radical (unpaired) electrons. The number of rotatable bonds is 7. The number of halogens is 1. The number of aromatic nitrogens is 3. The van der Waals surface area contributed by atoms with Gasteiger partial charge in [0.1, 0.15) is 19.2 Å². The van der Waals surface area contributed by atoms with Gasteiger partial charge in [-0.3, -0.25) is 4.79 Å². The van der Waals surface area contributed by atoms with Crippen LogP contribution in [0.25, 0.3) is 0 Å². The molecule has 2 heterocycles. The van der Waals surface area contributed by atoms with Crippen LogP contribution in [0, 0.1) is 5.92 Å². The highest BCUT2D eigenvalue weighted by atomic mass is 35.5. The molecule has 3 rings (SSSR count). The summed E-state index contributed by atoms with van der Waals surface area (Å²) in [6.45, 7) is 4.29. The number of likely N-dealkylation sites (N-methyl/N-ethyl adjacent to an activating group) is 1. The minimum absolute atomic E-state index is 0.0776. The first-order valence-electron chi connectivity index (χ1n) is 9.13. The molecule has 26 heavy (non-hydrogen) atoms. The lowest BCUT2D eigenvalue weighted by molar-refractivity contribution is -0.131. The van der Waals surface area contributed by atoms with Gasteiger partial charge in [0.2, 0.25) is 5.91 Å². The molecule has 0 aliphatic carbocycles. The van der Waals surface area contributed by atoms with Crippen molar-refractivity contribution in [2.24, 2.45) is 5.92 Å². The highest BCUT2D eigenvalue weighted by Gasteiger charge is 2.22. The third-order valence-corrected chi connectivity index (χ3v) is 5.21. The Morgan fingerprint density at radius 1 is 1.35 bits per heavy atom. The molecular weight excluding hydrogens is 350 g/mol. The number of benzene rings is 1. The maximum atomic E-state index is 12.3. The van der Waals surface area contributed by atoms with Gasteiger partial charge in [0.05, 0.1) is 0 Å². The molecule has 0 unspecified atom stereocenters. The fourth-order valence-electron chi connectivity index (χ4n) is 3.50. The first-order chi connectivity index (χ1) is 12.6. The Labute approximate surface area is 159 Å². The molecule has 0 saturated carbocycles. The van der Waals surface area contributed by atoms with Crippen LogP contribution in [-0.4, -0.2) is 63.7 Å². The molecule has 0 bridgehead atoms. The molecular formula is C19H26ClN5O. The van der Waals surface area contributed by atoms with Crippen LogP contribution in [0.15, 0.2) is 36.9 Å². The van der Waals surface area contributed by atoms with E-state index in [9.17, 15) is 4.79 Å². The summed E-state index contributed by atoms with van der Waals surface area (Å²) in [5, 5.41) is 4.78. The zero-order chi connectivity index (χ0) is 18.4. The average molecular weight is 376 g/mol. The Balaban J connectivity index is 1.43. The van der Waals surface area contributed by atoms with Crippen molar-refractivity contribution in [2.75, 3.05) is 33.2 Å². The Morgan fingerprint density at radius 2 is 2.15 bits per heavy atom.